The minimum absolute atomic E-state index is 0.0549. The highest BCUT2D eigenvalue weighted by Gasteiger charge is 2.45. The number of alkyl halides is 3. The summed E-state index contributed by atoms with van der Waals surface area (Å²) in [6.45, 7) is 6.68. The van der Waals surface area contributed by atoms with Crippen LogP contribution in [0.3, 0.4) is 0 Å². The van der Waals surface area contributed by atoms with Gasteiger partial charge in [0, 0.05) is 56.8 Å². The van der Waals surface area contributed by atoms with Crippen molar-refractivity contribution < 1.29 is 32.7 Å². The fourth-order valence-electron chi connectivity index (χ4n) is 3.78. The molecule has 1 aromatic heterocycles. The summed E-state index contributed by atoms with van der Waals surface area (Å²) in [5.74, 6) is -2.31. The molecule has 10 heteroatoms. The number of likely N-dealkylation sites (tertiary alicyclic amines) is 2. The Morgan fingerprint density at radius 2 is 1.81 bits per heavy atom. The molecule has 170 valence electrons. The minimum atomic E-state index is -5.08. The normalized spacial score (nSPS) is 17.8. The van der Waals surface area contributed by atoms with Crippen molar-refractivity contribution in [2.45, 2.75) is 44.8 Å². The highest BCUT2D eigenvalue weighted by Crippen LogP contribution is 2.41. The van der Waals surface area contributed by atoms with E-state index in [4.69, 9.17) is 9.90 Å². The highest BCUT2D eigenvalue weighted by atomic mass is 19.4. The maximum Gasteiger partial charge on any atom is 0.490 e. The Morgan fingerprint density at radius 3 is 2.32 bits per heavy atom. The molecule has 0 radical (unpaired) electrons. The third kappa shape index (κ3) is 7.08. The van der Waals surface area contributed by atoms with E-state index in [1.807, 2.05) is 21.9 Å². The van der Waals surface area contributed by atoms with E-state index in [1.165, 1.54) is 0 Å². The molecule has 2 aliphatic heterocycles. The number of hydrogen-bond donors (Lipinski definition) is 1. The SMILES string of the molecule is C=CCCC(=O)N1CCC2(CC1)CC(=O)N(Cc1ccncc1)C2.O=C(O)C(F)(F)F. The molecule has 0 aliphatic carbocycles. The zero-order valence-electron chi connectivity index (χ0n) is 17.1. The first-order valence-electron chi connectivity index (χ1n) is 9.92. The first-order chi connectivity index (χ1) is 14.6. The lowest BCUT2D eigenvalue weighted by Gasteiger charge is -2.38. The van der Waals surface area contributed by atoms with E-state index >= 15 is 0 Å². The number of halogens is 3. The molecule has 0 saturated carbocycles. The van der Waals surface area contributed by atoms with Crippen molar-refractivity contribution >= 4 is 17.8 Å². The van der Waals surface area contributed by atoms with Crippen LogP contribution in [0.1, 0.15) is 37.7 Å². The number of carbonyl (C=O) groups is 3. The lowest BCUT2D eigenvalue weighted by Crippen LogP contribution is -2.44. The second-order valence-electron chi connectivity index (χ2n) is 7.79. The fourth-order valence-corrected chi connectivity index (χ4v) is 3.78. The van der Waals surface area contributed by atoms with Gasteiger partial charge in [0.15, 0.2) is 0 Å². The van der Waals surface area contributed by atoms with Crippen LogP contribution < -0.4 is 0 Å². The number of rotatable bonds is 5. The third-order valence-corrected chi connectivity index (χ3v) is 5.51. The monoisotopic (exact) mass is 441 g/mol. The van der Waals surface area contributed by atoms with E-state index in [-0.39, 0.29) is 17.2 Å². The summed E-state index contributed by atoms with van der Waals surface area (Å²) in [5, 5.41) is 7.12. The minimum Gasteiger partial charge on any atom is -0.475 e. The van der Waals surface area contributed by atoms with E-state index in [1.54, 1.807) is 18.5 Å². The maximum atomic E-state index is 12.4. The van der Waals surface area contributed by atoms with Gasteiger partial charge in [0.05, 0.1) is 0 Å². The van der Waals surface area contributed by atoms with Crippen LogP contribution in [-0.4, -0.2) is 63.5 Å². The Morgan fingerprint density at radius 1 is 1.23 bits per heavy atom. The number of nitrogens with zero attached hydrogens (tertiary/aromatic N) is 3. The molecule has 3 heterocycles. The second-order valence-corrected chi connectivity index (χ2v) is 7.79. The molecule has 0 aromatic carbocycles. The van der Waals surface area contributed by atoms with Crippen molar-refractivity contribution in [3.63, 3.8) is 0 Å². The molecule has 7 nitrogen and oxygen atoms in total. The van der Waals surface area contributed by atoms with Crippen molar-refractivity contribution in [1.82, 2.24) is 14.8 Å². The first-order valence-corrected chi connectivity index (χ1v) is 9.92. The Hall–Kier alpha value is -2.91. The molecular formula is C21H26F3N3O4. The smallest absolute Gasteiger partial charge is 0.475 e. The van der Waals surface area contributed by atoms with Gasteiger partial charge in [0.2, 0.25) is 11.8 Å². The number of hydrogen-bond acceptors (Lipinski definition) is 4. The molecular weight excluding hydrogens is 415 g/mol. The predicted molar refractivity (Wildman–Crippen MR) is 106 cm³/mol. The Labute approximate surface area is 178 Å². The molecule has 0 bridgehead atoms. The van der Waals surface area contributed by atoms with E-state index in [0.29, 0.717) is 19.4 Å². The fraction of sp³-hybridized carbons (Fsp3) is 0.524. The van der Waals surface area contributed by atoms with E-state index < -0.39 is 12.1 Å². The zero-order valence-corrected chi connectivity index (χ0v) is 17.1. The number of piperidine rings is 1. The standard InChI is InChI=1S/C19H25N3O2.C2HF3O2/c1-2-3-4-17(23)21-11-7-19(8-12-21)13-18(24)22(15-19)14-16-5-9-20-10-6-16;3-2(4,5)1(6)7/h2,5-6,9-10H,1,3-4,7-8,11-15H2;(H,6,7). The lowest BCUT2D eigenvalue weighted by molar-refractivity contribution is -0.192. The summed E-state index contributed by atoms with van der Waals surface area (Å²) in [4.78, 5) is 41.4. The van der Waals surface area contributed by atoms with Gasteiger partial charge in [0.1, 0.15) is 0 Å². The number of aromatic nitrogens is 1. The van der Waals surface area contributed by atoms with Crippen LogP contribution in [0.15, 0.2) is 37.2 Å². The summed E-state index contributed by atoms with van der Waals surface area (Å²) >= 11 is 0. The number of allylic oxidation sites excluding steroid dienone is 1. The number of carboxylic acid groups (broad SMARTS) is 1. The van der Waals surface area contributed by atoms with Crippen LogP contribution in [0.5, 0.6) is 0 Å². The van der Waals surface area contributed by atoms with Gasteiger partial charge in [-0.15, -0.1) is 6.58 Å². The van der Waals surface area contributed by atoms with Gasteiger partial charge in [-0.25, -0.2) is 4.79 Å². The quantitative estimate of drug-likeness (QED) is 0.710. The van der Waals surface area contributed by atoms with Crippen molar-refractivity contribution in [1.29, 1.82) is 0 Å². The third-order valence-electron chi connectivity index (χ3n) is 5.51. The van der Waals surface area contributed by atoms with Crippen molar-refractivity contribution in [2.75, 3.05) is 19.6 Å². The average molecular weight is 441 g/mol. The largest absolute Gasteiger partial charge is 0.490 e. The maximum absolute atomic E-state index is 12.4. The molecule has 2 amide bonds. The van der Waals surface area contributed by atoms with Gasteiger partial charge >= 0.3 is 12.1 Å². The molecule has 1 N–H and O–H groups in total. The van der Waals surface area contributed by atoms with Crippen LogP contribution in [0.25, 0.3) is 0 Å². The predicted octanol–water partition coefficient (Wildman–Crippen LogP) is 3.02. The molecule has 31 heavy (non-hydrogen) atoms. The average Bonchev–Trinajstić information content (AvgIpc) is 3.01. The van der Waals surface area contributed by atoms with Crippen LogP contribution in [0.4, 0.5) is 13.2 Å². The lowest BCUT2D eigenvalue weighted by atomic mass is 9.77. The van der Waals surface area contributed by atoms with E-state index in [0.717, 1.165) is 44.5 Å². The number of amides is 2. The number of pyridine rings is 1. The van der Waals surface area contributed by atoms with E-state index in [9.17, 15) is 22.8 Å². The highest BCUT2D eigenvalue weighted by molar-refractivity contribution is 5.80. The molecule has 2 saturated heterocycles. The van der Waals surface area contributed by atoms with Gasteiger partial charge < -0.3 is 14.9 Å². The Balaban J connectivity index is 0.000000423. The summed E-state index contributed by atoms with van der Waals surface area (Å²) in [6, 6.07) is 3.91. The summed E-state index contributed by atoms with van der Waals surface area (Å²) in [7, 11) is 0. The first kappa shape index (κ1) is 24.4. The molecule has 0 unspecified atom stereocenters. The summed E-state index contributed by atoms with van der Waals surface area (Å²) in [5.41, 5.74) is 1.17. The topological polar surface area (TPSA) is 90.8 Å². The van der Waals surface area contributed by atoms with Gasteiger partial charge in [0.25, 0.3) is 0 Å². The number of carboxylic acids is 1. The Bertz CT molecular complexity index is 791. The van der Waals surface area contributed by atoms with Crippen LogP contribution in [0.2, 0.25) is 0 Å². The van der Waals surface area contributed by atoms with Crippen LogP contribution >= 0.6 is 0 Å². The van der Waals surface area contributed by atoms with Gasteiger partial charge in [-0.05, 0) is 37.0 Å². The molecule has 2 aliphatic rings. The zero-order chi connectivity index (χ0) is 23.1. The van der Waals surface area contributed by atoms with Gasteiger partial charge in [-0.2, -0.15) is 13.2 Å². The van der Waals surface area contributed by atoms with Crippen LogP contribution in [-0.2, 0) is 20.9 Å². The Kier molecular flexibility index (Phi) is 8.18. The van der Waals surface area contributed by atoms with Crippen LogP contribution in [0, 0.1) is 5.41 Å². The van der Waals surface area contributed by atoms with Gasteiger partial charge in [-0.3, -0.25) is 14.6 Å². The molecule has 1 spiro atoms. The van der Waals surface area contributed by atoms with E-state index in [2.05, 4.69) is 11.6 Å². The summed E-state index contributed by atoms with van der Waals surface area (Å²) < 4.78 is 31.7. The summed E-state index contributed by atoms with van der Waals surface area (Å²) in [6.07, 6.45) is 3.97. The van der Waals surface area contributed by atoms with Crippen molar-refractivity contribution in [3.8, 4) is 0 Å². The van der Waals surface area contributed by atoms with Crippen molar-refractivity contribution in [3.05, 3.63) is 42.7 Å². The second kappa shape index (κ2) is 10.4. The molecule has 1 aromatic rings. The molecule has 2 fully saturated rings. The molecule has 3 rings (SSSR count). The number of aliphatic carboxylic acids is 1. The van der Waals surface area contributed by atoms with Crippen molar-refractivity contribution in [2.24, 2.45) is 5.41 Å². The van der Waals surface area contributed by atoms with Gasteiger partial charge in [-0.1, -0.05) is 6.08 Å². The molecule has 0 atom stereocenters. The number of carbonyl (C=O) groups excluding carboxylic acids is 2.